The third-order valence-electron chi connectivity index (χ3n) is 2.06. The molecule has 0 saturated carbocycles. The molecule has 0 fully saturated rings. The van der Waals surface area contributed by atoms with E-state index in [0.717, 1.165) is 12.8 Å². The lowest BCUT2D eigenvalue weighted by atomic mass is 9.98. The van der Waals surface area contributed by atoms with Crippen molar-refractivity contribution in [2.75, 3.05) is 6.61 Å². The fraction of sp³-hybridized carbons (Fsp3) is 0.818. The monoisotopic (exact) mass is 186 g/mol. The molecule has 0 spiro atoms. The Balaban J connectivity index is 3.65. The number of aliphatic hydroxyl groups excluding tert-OH is 1. The molecule has 0 aliphatic carbocycles. The largest absolute Gasteiger partial charge is 0.396 e. The molecule has 0 aliphatic rings. The van der Waals surface area contributed by atoms with E-state index in [1.54, 1.807) is 6.08 Å². The van der Waals surface area contributed by atoms with E-state index in [1.807, 2.05) is 13.0 Å². The summed E-state index contributed by atoms with van der Waals surface area (Å²) in [6, 6.07) is 0. The molecule has 0 aromatic rings. The van der Waals surface area contributed by atoms with E-state index in [-0.39, 0.29) is 6.61 Å². The van der Waals surface area contributed by atoms with E-state index >= 15 is 0 Å². The Morgan fingerprint density at radius 3 is 2.54 bits per heavy atom. The van der Waals surface area contributed by atoms with Gasteiger partial charge in [-0.3, -0.25) is 0 Å². The minimum absolute atomic E-state index is 0.154. The fourth-order valence-electron chi connectivity index (χ4n) is 1.23. The molecule has 0 amide bonds. The molecule has 0 bridgehead atoms. The highest BCUT2D eigenvalue weighted by Crippen LogP contribution is 2.16. The Morgan fingerprint density at radius 1 is 1.31 bits per heavy atom. The Labute approximate surface area is 81.3 Å². The molecule has 78 valence electrons. The molecule has 0 aromatic carbocycles. The summed E-state index contributed by atoms with van der Waals surface area (Å²) in [7, 11) is 0. The fourth-order valence-corrected chi connectivity index (χ4v) is 1.23. The Morgan fingerprint density at radius 2 is 2.00 bits per heavy atom. The highest BCUT2D eigenvalue weighted by molar-refractivity contribution is 4.97. The van der Waals surface area contributed by atoms with Gasteiger partial charge in [0.2, 0.25) is 0 Å². The van der Waals surface area contributed by atoms with Gasteiger partial charge in [-0.15, -0.1) is 0 Å². The number of aliphatic hydroxyl groups is 2. The maximum absolute atomic E-state index is 9.80. The summed E-state index contributed by atoms with van der Waals surface area (Å²) in [4.78, 5) is 0. The lowest BCUT2D eigenvalue weighted by Gasteiger charge is -2.18. The molecule has 0 rings (SSSR count). The number of hydrogen-bond donors (Lipinski definition) is 2. The van der Waals surface area contributed by atoms with E-state index in [2.05, 4.69) is 6.92 Å². The second-order valence-corrected chi connectivity index (χ2v) is 3.73. The van der Waals surface area contributed by atoms with Gasteiger partial charge >= 0.3 is 0 Å². The highest BCUT2D eigenvalue weighted by Gasteiger charge is 2.14. The van der Waals surface area contributed by atoms with Crippen LogP contribution in [0.3, 0.4) is 0 Å². The van der Waals surface area contributed by atoms with Crippen molar-refractivity contribution in [2.45, 2.75) is 51.6 Å². The third-order valence-corrected chi connectivity index (χ3v) is 2.06. The lowest BCUT2D eigenvalue weighted by Crippen LogP contribution is -2.20. The maximum atomic E-state index is 9.80. The predicted molar refractivity (Wildman–Crippen MR) is 55.6 cm³/mol. The van der Waals surface area contributed by atoms with E-state index in [1.165, 1.54) is 12.8 Å². The molecule has 0 saturated heterocycles. The van der Waals surface area contributed by atoms with Crippen LogP contribution >= 0.6 is 0 Å². The predicted octanol–water partition coefficient (Wildman–Crippen LogP) is 2.26. The molecule has 1 unspecified atom stereocenters. The molecular formula is C11H22O2. The van der Waals surface area contributed by atoms with Crippen LogP contribution in [-0.4, -0.2) is 22.4 Å². The van der Waals surface area contributed by atoms with Crippen molar-refractivity contribution in [1.29, 1.82) is 0 Å². The topological polar surface area (TPSA) is 40.5 Å². The summed E-state index contributed by atoms with van der Waals surface area (Å²) in [5.41, 5.74) is -0.690. The second kappa shape index (κ2) is 7.10. The molecule has 0 aliphatic heterocycles. The van der Waals surface area contributed by atoms with Crippen molar-refractivity contribution in [3.63, 3.8) is 0 Å². The van der Waals surface area contributed by atoms with Crippen molar-refractivity contribution >= 4 is 0 Å². The average molecular weight is 186 g/mol. The zero-order valence-electron chi connectivity index (χ0n) is 8.79. The van der Waals surface area contributed by atoms with Crippen LogP contribution < -0.4 is 0 Å². The Hall–Kier alpha value is -0.340. The molecule has 2 N–H and O–H groups in total. The van der Waals surface area contributed by atoms with Gasteiger partial charge in [-0.05, 0) is 19.8 Å². The first kappa shape index (κ1) is 12.7. The first-order valence-corrected chi connectivity index (χ1v) is 5.13. The number of unbranched alkanes of at least 4 members (excludes halogenated alkanes) is 2. The van der Waals surface area contributed by atoms with Gasteiger partial charge in [0, 0.05) is 6.61 Å². The normalized spacial score (nSPS) is 16.3. The van der Waals surface area contributed by atoms with Gasteiger partial charge in [-0.2, -0.15) is 0 Å². The van der Waals surface area contributed by atoms with Crippen molar-refractivity contribution in [1.82, 2.24) is 0 Å². The standard InChI is InChI=1S/C11H22O2/c1-3-4-5-8-11(2,13)9-6-7-10-12/h6,9,12-13H,3-5,7-8,10H2,1-2H3/b9-6-. The van der Waals surface area contributed by atoms with E-state index in [4.69, 9.17) is 5.11 Å². The SMILES string of the molecule is CCCCCC(C)(O)/C=C\CCO. The summed E-state index contributed by atoms with van der Waals surface area (Å²) in [5.74, 6) is 0. The molecule has 0 radical (unpaired) electrons. The van der Waals surface area contributed by atoms with E-state index in [0.29, 0.717) is 6.42 Å². The van der Waals surface area contributed by atoms with Crippen LogP contribution in [0.4, 0.5) is 0 Å². The van der Waals surface area contributed by atoms with Gasteiger partial charge in [0.15, 0.2) is 0 Å². The minimum atomic E-state index is -0.690. The Kier molecular flexibility index (Phi) is 6.92. The van der Waals surface area contributed by atoms with Gasteiger partial charge in [-0.1, -0.05) is 38.3 Å². The second-order valence-electron chi connectivity index (χ2n) is 3.73. The van der Waals surface area contributed by atoms with Gasteiger partial charge < -0.3 is 10.2 Å². The molecule has 1 atom stereocenters. The average Bonchev–Trinajstić information content (AvgIpc) is 2.05. The highest BCUT2D eigenvalue weighted by atomic mass is 16.3. The van der Waals surface area contributed by atoms with Crippen LogP contribution in [0, 0.1) is 0 Å². The summed E-state index contributed by atoms with van der Waals surface area (Å²) in [5, 5.41) is 18.3. The first-order valence-electron chi connectivity index (χ1n) is 5.13. The van der Waals surface area contributed by atoms with Crippen LogP contribution in [0.5, 0.6) is 0 Å². The zero-order chi connectivity index (χ0) is 10.2. The molecule has 0 aromatic heterocycles. The quantitative estimate of drug-likeness (QED) is 0.473. The van der Waals surface area contributed by atoms with Crippen LogP contribution in [0.25, 0.3) is 0 Å². The molecule has 2 nitrogen and oxygen atoms in total. The van der Waals surface area contributed by atoms with Gasteiger partial charge in [0.25, 0.3) is 0 Å². The minimum Gasteiger partial charge on any atom is -0.396 e. The molecule has 0 heterocycles. The number of rotatable bonds is 7. The summed E-state index contributed by atoms with van der Waals surface area (Å²) < 4.78 is 0. The number of hydrogen-bond acceptors (Lipinski definition) is 2. The maximum Gasteiger partial charge on any atom is 0.0799 e. The van der Waals surface area contributed by atoms with E-state index in [9.17, 15) is 5.11 Å². The Bertz CT molecular complexity index is 139. The van der Waals surface area contributed by atoms with E-state index < -0.39 is 5.60 Å². The smallest absolute Gasteiger partial charge is 0.0799 e. The van der Waals surface area contributed by atoms with Crippen molar-refractivity contribution in [3.8, 4) is 0 Å². The van der Waals surface area contributed by atoms with Crippen molar-refractivity contribution < 1.29 is 10.2 Å². The van der Waals surface area contributed by atoms with Crippen LogP contribution in [0.1, 0.15) is 46.0 Å². The van der Waals surface area contributed by atoms with Crippen LogP contribution in [0.15, 0.2) is 12.2 Å². The molecule has 13 heavy (non-hydrogen) atoms. The van der Waals surface area contributed by atoms with Gasteiger partial charge in [0.05, 0.1) is 5.60 Å². The van der Waals surface area contributed by atoms with Gasteiger partial charge in [-0.25, -0.2) is 0 Å². The van der Waals surface area contributed by atoms with Crippen molar-refractivity contribution in [2.24, 2.45) is 0 Å². The van der Waals surface area contributed by atoms with Gasteiger partial charge in [0.1, 0.15) is 0 Å². The van der Waals surface area contributed by atoms with Crippen LogP contribution in [-0.2, 0) is 0 Å². The lowest BCUT2D eigenvalue weighted by molar-refractivity contribution is 0.0982. The molecular weight excluding hydrogens is 164 g/mol. The summed E-state index contributed by atoms with van der Waals surface area (Å²) in [6.45, 7) is 4.12. The first-order chi connectivity index (χ1) is 6.12. The molecule has 2 heteroatoms. The zero-order valence-corrected chi connectivity index (χ0v) is 8.79. The van der Waals surface area contributed by atoms with Crippen LogP contribution in [0.2, 0.25) is 0 Å². The van der Waals surface area contributed by atoms with Crippen molar-refractivity contribution in [3.05, 3.63) is 12.2 Å². The summed E-state index contributed by atoms with van der Waals surface area (Å²) in [6.07, 6.45) is 8.48. The third kappa shape index (κ3) is 8.00. The summed E-state index contributed by atoms with van der Waals surface area (Å²) >= 11 is 0.